The molecule has 20 heavy (non-hydrogen) atoms. The molecule has 1 aromatic rings. The number of hydrogen-bond acceptors (Lipinski definition) is 6. The maximum atomic E-state index is 11.8. The van der Waals surface area contributed by atoms with E-state index in [0.717, 1.165) is 17.2 Å². The third-order valence-corrected chi connectivity index (χ3v) is 6.27. The van der Waals surface area contributed by atoms with Gasteiger partial charge in [0.2, 0.25) is 10.2 Å². The molecule has 2 N–H and O–H groups in total. The summed E-state index contributed by atoms with van der Waals surface area (Å²) in [6, 6.07) is -0.822. The molecule has 2 aliphatic rings. The lowest BCUT2D eigenvalue weighted by molar-refractivity contribution is -0.112. The molecule has 108 valence electrons. The van der Waals surface area contributed by atoms with Crippen LogP contribution in [0, 0.1) is 0 Å². The van der Waals surface area contributed by atoms with E-state index in [9.17, 15) is 9.59 Å². The number of anilines is 1. The number of hydrogen-bond donors (Lipinski definition) is 2. The Labute approximate surface area is 129 Å². The Morgan fingerprint density at radius 2 is 2.25 bits per heavy atom. The first-order valence-corrected chi connectivity index (χ1v) is 8.45. The number of rotatable bonds is 3. The largest absolute Gasteiger partial charge is 0.327 e. The van der Waals surface area contributed by atoms with Crippen molar-refractivity contribution in [1.82, 2.24) is 15.5 Å². The van der Waals surface area contributed by atoms with Crippen molar-refractivity contribution >= 4 is 51.0 Å². The molecule has 1 saturated carbocycles. The van der Waals surface area contributed by atoms with Gasteiger partial charge in [-0.25, -0.2) is 4.79 Å². The average molecular weight is 333 g/mol. The fraction of sp³-hybridized carbons (Fsp3) is 0.636. The van der Waals surface area contributed by atoms with E-state index < -0.39 is 12.1 Å². The zero-order valence-electron chi connectivity index (χ0n) is 10.7. The summed E-state index contributed by atoms with van der Waals surface area (Å²) in [6.45, 7) is 2.03. The Hall–Kier alpha value is -0.860. The highest BCUT2D eigenvalue weighted by Crippen LogP contribution is 2.52. The van der Waals surface area contributed by atoms with Crippen molar-refractivity contribution in [3.8, 4) is 0 Å². The normalized spacial score (nSPS) is 32.2. The third-order valence-electron chi connectivity index (χ3n) is 3.51. The van der Waals surface area contributed by atoms with Gasteiger partial charge in [0.05, 0.1) is 0 Å². The smallest absolute Gasteiger partial charge is 0.321 e. The standard InChI is InChI=1S/C11H13ClN4O2S2/c1-11(4-6(11)12)8-15-16-10(20-8)14-9(18)13-5-2-3-19-7(5)17/h5-6H,2-4H2,1H3,(H2,13,14,16,18). The number of carbonyl (C=O) groups is 2. The number of amides is 2. The Morgan fingerprint density at radius 1 is 1.50 bits per heavy atom. The van der Waals surface area contributed by atoms with Gasteiger partial charge in [-0.3, -0.25) is 10.1 Å². The van der Waals surface area contributed by atoms with Crippen molar-refractivity contribution in [2.24, 2.45) is 0 Å². The van der Waals surface area contributed by atoms with Crippen LogP contribution in [0.2, 0.25) is 0 Å². The van der Waals surface area contributed by atoms with Crippen LogP contribution in [0.5, 0.6) is 0 Å². The molecule has 1 aromatic heterocycles. The fourth-order valence-electron chi connectivity index (χ4n) is 1.96. The molecule has 1 aliphatic carbocycles. The van der Waals surface area contributed by atoms with Gasteiger partial charge < -0.3 is 5.32 Å². The van der Waals surface area contributed by atoms with Crippen LogP contribution in [0.1, 0.15) is 24.8 Å². The SMILES string of the molecule is CC1(c2nnc(NC(=O)NC3CCSC3=O)s2)CC1Cl. The van der Waals surface area contributed by atoms with Gasteiger partial charge in [0.15, 0.2) is 0 Å². The first kappa shape index (κ1) is 14.1. The highest BCUT2D eigenvalue weighted by Gasteiger charge is 2.53. The molecule has 6 nitrogen and oxygen atoms in total. The van der Waals surface area contributed by atoms with Crippen molar-refractivity contribution in [1.29, 1.82) is 0 Å². The van der Waals surface area contributed by atoms with Crippen molar-refractivity contribution in [2.45, 2.75) is 36.6 Å². The Kier molecular flexibility index (Phi) is 3.64. The van der Waals surface area contributed by atoms with Gasteiger partial charge in [-0.1, -0.05) is 30.0 Å². The molecular weight excluding hydrogens is 320 g/mol. The van der Waals surface area contributed by atoms with Gasteiger partial charge in [-0.05, 0) is 12.8 Å². The third kappa shape index (κ3) is 2.64. The first-order chi connectivity index (χ1) is 9.49. The van der Waals surface area contributed by atoms with Crippen LogP contribution < -0.4 is 10.6 Å². The predicted octanol–water partition coefficient (Wildman–Crippen LogP) is 1.96. The zero-order chi connectivity index (χ0) is 14.3. The molecule has 3 atom stereocenters. The van der Waals surface area contributed by atoms with Gasteiger partial charge in [-0.15, -0.1) is 21.8 Å². The summed E-state index contributed by atoms with van der Waals surface area (Å²) in [5.74, 6) is 0.752. The molecule has 9 heteroatoms. The van der Waals surface area contributed by atoms with Crippen LogP contribution in [-0.4, -0.2) is 38.5 Å². The second-order valence-corrected chi connectivity index (χ2v) is 7.71. The van der Waals surface area contributed by atoms with Crippen LogP contribution in [0.3, 0.4) is 0 Å². The first-order valence-electron chi connectivity index (χ1n) is 6.21. The summed E-state index contributed by atoms with van der Waals surface area (Å²) in [4.78, 5) is 23.2. The van der Waals surface area contributed by atoms with Crippen LogP contribution in [-0.2, 0) is 10.2 Å². The number of nitrogens with one attached hydrogen (secondary N) is 2. The quantitative estimate of drug-likeness (QED) is 0.827. The molecule has 0 radical (unpaired) electrons. The molecule has 2 amide bonds. The molecule has 0 aromatic carbocycles. The highest BCUT2D eigenvalue weighted by atomic mass is 35.5. The number of aromatic nitrogens is 2. The van der Waals surface area contributed by atoms with Crippen molar-refractivity contribution in [3.05, 3.63) is 5.01 Å². The van der Waals surface area contributed by atoms with Gasteiger partial charge in [-0.2, -0.15) is 0 Å². The van der Waals surface area contributed by atoms with E-state index in [0.29, 0.717) is 11.6 Å². The van der Waals surface area contributed by atoms with Crippen molar-refractivity contribution in [3.63, 3.8) is 0 Å². The number of urea groups is 1. The molecule has 2 fully saturated rings. The van der Waals surface area contributed by atoms with Crippen LogP contribution in [0.4, 0.5) is 9.93 Å². The Bertz CT molecular complexity index is 566. The summed E-state index contributed by atoms with van der Waals surface area (Å²) in [7, 11) is 0. The topological polar surface area (TPSA) is 84.0 Å². The minimum atomic E-state index is -0.420. The molecular formula is C11H13ClN4O2S2. The van der Waals surface area contributed by atoms with E-state index in [1.807, 2.05) is 6.92 Å². The summed E-state index contributed by atoms with van der Waals surface area (Å²) < 4.78 is 0. The van der Waals surface area contributed by atoms with Crippen LogP contribution in [0.15, 0.2) is 0 Å². The number of carbonyl (C=O) groups excluding carboxylic acids is 2. The molecule has 1 saturated heterocycles. The monoisotopic (exact) mass is 332 g/mol. The van der Waals surface area contributed by atoms with Gasteiger partial charge in [0, 0.05) is 16.5 Å². The summed E-state index contributed by atoms with van der Waals surface area (Å²) >= 11 is 8.64. The van der Waals surface area contributed by atoms with Crippen LogP contribution in [0.25, 0.3) is 0 Å². The van der Waals surface area contributed by atoms with Crippen molar-refractivity contribution < 1.29 is 9.59 Å². The number of alkyl halides is 1. The summed E-state index contributed by atoms with van der Waals surface area (Å²) in [5, 5.41) is 14.6. The highest BCUT2D eigenvalue weighted by molar-refractivity contribution is 8.14. The molecule has 2 heterocycles. The molecule has 0 bridgehead atoms. The second kappa shape index (κ2) is 5.16. The van der Waals surface area contributed by atoms with Crippen LogP contribution >= 0.6 is 34.7 Å². The summed E-state index contributed by atoms with van der Waals surface area (Å²) in [5.41, 5.74) is -0.117. The van der Waals surface area contributed by atoms with E-state index in [1.165, 1.54) is 23.1 Å². The van der Waals surface area contributed by atoms with E-state index in [-0.39, 0.29) is 15.9 Å². The lowest BCUT2D eigenvalue weighted by atomic mass is 10.2. The van der Waals surface area contributed by atoms with Gasteiger partial charge in [0.25, 0.3) is 0 Å². The molecule has 3 unspecified atom stereocenters. The predicted molar refractivity (Wildman–Crippen MR) is 79.5 cm³/mol. The number of halogens is 1. The Balaban J connectivity index is 1.58. The van der Waals surface area contributed by atoms with E-state index in [1.54, 1.807) is 0 Å². The molecule has 1 aliphatic heterocycles. The minimum absolute atomic E-state index is 0.00794. The maximum Gasteiger partial charge on any atom is 0.321 e. The lowest BCUT2D eigenvalue weighted by Gasteiger charge is -2.09. The minimum Gasteiger partial charge on any atom is -0.327 e. The molecule has 3 rings (SSSR count). The fourth-order valence-corrected chi connectivity index (χ4v) is 4.33. The maximum absolute atomic E-state index is 11.8. The van der Waals surface area contributed by atoms with Gasteiger partial charge in [0.1, 0.15) is 11.0 Å². The number of thioether (sulfide) groups is 1. The molecule has 0 spiro atoms. The van der Waals surface area contributed by atoms with E-state index in [4.69, 9.17) is 11.6 Å². The number of nitrogens with zero attached hydrogens (tertiary/aromatic N) is 2. The lowest BCUT2D eigenvalue weighted by Crippen LogP contribution is -2.39. The summed E-state index contributed by atoms with van der Waals surface area (Å²) in [6.07, 6.45) is 1.55. The van der Waals surface area contributed by atoms with E-state index >= 15 is 0 Å². The zero-order valence-corrected chi connectivity index (χ0v) is 13.1. The van der Waals surface area contributed by atoms with Gasteiger partial charge >= 0.3 is 6.03 Å². The Morgan fingerprint density at radius 3 is 2.85 bits per heavy atom. The average Bonchev–Trinajstić information content (AvgIpc) is 2.79. The second-order valence-electron chi connectivity index (χ2n) is 5.11. The van der Waals surface area contributed by atoms with Crippen molar-refractivity contribution in [2.75, 3.05) is 11.1 Å². The van der Waals surface area contributed by atoms with E-state index in [2.05, 4.69) is 20.8 Å².